The van der Waals surface area contributed by atoms with Crippen LogP contribution in [-0.4, -0.2) is 12.3 Å². The molecule has 0 fully saturated rings. The van der Waals surface area contributed by atoms with E-state index in [0.29, 0.717) is 0 Å². The fourth-order valence-corrected chi connectivity index (χ4v) is 17.9. The van der Waals surface area contributed by atoms with Gasteiger partial charge in [0.1, 0.15) is 0 Å². The van der Waals surface area contributed by atoms with Crippen molar-refractivity contribution in [2.24, 2.45) is 5.92 Å². The van der Waals surface area contributed by atoms with Gasteiger partial charge in [-0.2, -0.15) is 0 Å². The fraction of sp³-hybridized carbons (Fsp3) is 0.915. The summed E-state index contributed by atoms with van der Waals surface area (Å²) in [5.74, 6) is 9.36. The fourth-order valence-electron chi connectivity index (χ4n) is 17.9. The molecule has 0 bridgehead atoms. The van der Waals surface area contributed by atoms with Crippen LogP contribution in [0.3, 0.4) is 0 Å². The van der Waals surface area contributed by atoms with Crippen LogP contribution in [0.15, 0.2) is 62.0 Å². The third-order valence-electron chi connectivity index (χ3n) is 25.4. The monoisotopic (exact) mass is 1890 g/mol. The molecule has 0 rings (SSSR count). The standard InChI is InChI=1S/C103H208.2C2H7P.5C2H5P.CH4/c1-4-7-10-13-16-19-22-25-28-31-34-37-40-43-46-48-50-52-53-54-56-58-60-63-66-69-72-75-78-81-84-87-90-93-96-99-102-103(100-97-94-91-88-85-82-79-76-73-70-67-64-61-45-42-39-36-33-30-27-24-21-18-15-12-9-6-3)101-98-95-92-89-86-83-80-77-74-71-68-65-62-59-57-55-51-49-47-44-41-38-35-32-29-26-23-20-17-14-11-8-5-2;7*1-2-3;/h103H,4-102H2,1-3H3;2*2-3H2,1H3;5*2H,1,3H2;1H4. The Bertz CT molecular complexity index is 1630. The molecule has 0 aliphatic carbocycles. The SMILES string of the molecule is C.C=CP.C=CP.C=CP.C=CP.C=CP.CCCCCCCCCCCCCCCCCCCCCCCCCCCCCCCCCCCCCCC(CCCCCCCCCCCCCCCCCCCCCCCCCCCCC)CCCCCCCCCCCCCCCCCCCCCCCCCCCCCCCCCCC.CCP.CCP. The molecule has 0 radical (unpaired) electrons. The van der Waals surface area contributed by atoms with E-state index in [4.69, 9.17) is 0 Å². The van der Waals surface area contributed by atoms with Gasteiger partial charge in [-0.15, -0.1) is 64.7 Å². The zero-order chi connectivity index (χ0) is 92.5. The van der Waals surface area contributed by atoms with Crippen molar-refractivity contribution in [1.29, 1.82) is 0 Å². The van der Waals surface area contributed by atoms with E-state index < -0.39 is 0 Å². The molecule has 0 spiro atoms. The van der Waals surface area contributed by atoms with E-state index in [2.05, 4.69) is 132 Å². The van der Waals surface area contributed by atoms with Crippen molar-refractivity contribution >= 4 is 64.7 Å². The van der Waals surface area contributed by atoms with E-state index in [9.17, 15) is 0 Å². The van der Waals surface area contributed by atoms with E-state index >= 15 is 0 Å². The quantitative estimate of drug-likeness (QED) is 0.0421. The minimum Gasteiger partial charge on any atom is -0.138 e. The van der Waals surface area contributed by atoms with Gasteiger partial charge in [0.2, 0.25) is 0 Å². The van der Waals surface area contributed by atoms with Crippen LogP contribution in [-0.2, 0) is 0 Å². The molecule has 125 heavy (non-hydrogen) atoms. The Morgan fingerprint density at radius 3 is 0.240 bits per heavy atom. The summed E-state index contributed by atoms with van der Waals surface area (Å²) in [6.45, 7) is 27.8. The van der Waals surface area contributed by atoms with Gasteiger partial charge in [-0.25, -0.2) is 0 Å². The van der Waals surface area contributed by atoms with E-state index in [1.165, 1.54) is 629 Å². The molecule has 0 nitrogen and oxygen atoms in total. The van der Waals surface area contributed by atoms with Crippen molar-refractivity contribution in [1.82, 2.24) is 0 Å². The molecule has 758 valence electrons. The Balaban J connectivity index is -0.000000787. The van der Waals surface area contributed by atoms with E-state index in [1.54, 1.807) is 48.3 Å². The molecule has 0 aromatic heterocycles. The van der Waals surface area contributed by atoms with Crippen LogP contribution in [0, 0.1) is 5.92 Å². The molecule has 0 heterocycles. The molecule has 0 amide bonds. The third kappa shape index (κ3) is 179. The summed E-state index contributed by atoms with van der Waals surface area (Å²) < 4.78 is 0. The molecule has 0 N–H and O–H groups in total. The minimum absolute atomic E-state index is 0. The van der Waals surface area contributed by atoms with Crippen LogP contribution in [0.2, 0.25) is 0 Å². The lowest BCUT2D eigenvalue weighted by atomic mass is 9.89. The van der Waals surface area contributed by atoms with Gasteiger partial charge < -0.3 is 0 Å². The second-order valence-corrected chi connectivity index (χ2v) is 42.1. The third-order valence-corrected chi connectivity index (χ3v) is 25.4. The highest BCUT2D eigenvalue weighted by molar-refractivity contribution is 7.21. The second-order valence-electron chi connectivity index (χ2n) is 38.1. The lowest BCUT2D eigenvalue weighted by molar-refractivity contribution is 0.365. The molecular formula is C118H251P7. The number of hydrogen-bond donors (Lipinski definition) is 0. The van der Waals surface area contributed by atoms with Crippen molar-refractivity contribution < 1.29 is 0 Å². The zero-order valence-electron chi connectivity index (χ0n) is 87.5. The maximum absolute atomic E-state index is 3.32. The predicted octanol–water partition coefficient (Wildman–Crippen LogP) is 47.7. The number of unbranched alkanes of at least 4 members (excludes halogenated alkanes) is 93. The molecule has 7 heteroatoms. The second kappa shape index (κ2) is 160. The number of rotatable bonds is 99. The summed E-state index contributed by atoms with van der Waals surface area (Å²) in [6.07, 6.45) is 150. The normalized spacial score (nSPS) is 10.8. The first-order valence-electron chi connectivity index (χ1n) is 57.3. The van der Waals surface area contributed by atoms with Gasteiger partial charge in [-0.1, -0.05) is 740 Å². The average molecular weight is 1890 g/mol. The van der Waals surface area contributed by atoms with Crippen LogP contribution in [0.1, 0.15) is 678 Å². The van der Waals surface area contributed by atoms with Crippen LogP contribution >= 0.6 is 64.7 Å². The maximum atomic E-state index is 3.32. The van der Waals surface area contributed by atoms with Crippen molar-refractivity contribution in [2.45, 2.75) is 678 Å². The van der Waals surface area contributed by atoms with Crippen molar-refractivity contribution in [3.63, 3.8) is 0 Å². The van der Waals surface area contributed by atoms with E-state index in [0.717, 1.165) is 5.92 Å². The van der Waals surface area contributed by atoms with Gasteiger partial charge in [-0.05, 0) is 18.2 Å². The van der Waals surface area contributed by atoms with Gasteiger partial charge in [0.15, 0.2) is 0 Å². The Morgan fingerprint density at radius 2 is 0.184 bits per heavy atom. The van der Waals surface area contributed by atoms with E-state index in [-0.39, 0.29) is 7.43 Å². The van der Waals surface area contributed by atoms with Gasteiger partial charge in [0.05, 0.1) is 0 Å². The van der Waals surface area contributed by atoms with Crippen molar-refractivity contribution in [3.8, 4) is 0 Å². The number of hydrogen-bond acceptors (Lipinski definition) is 0. The van der Waals surface area contributed by atoms with Gasteiger partial charge in [-0.3, -0.25) is 0 Å². The smallest absolute Gasteiger partial charge is 0.0410 e. The van der Waals surface area contributed by atoms with Gasteiger partial charge in [0, 0.05) is 0 Å². The van der Waals surface area contributed by atoms with Crippen LogP contribution in [0.4, 0.5) is 0 Å². The summed E-state index contributed by atoms with van der Waals surface area (Å²) in [5, 5.41) is 0. The van der Waals surface area contributed by atoms with Crippen molar-refractivity contribution in [2.75, 3.05) is 12.3 Å². The lowest BCUT2D eigenvalue weighted by Crippen LogP contribution is -2.01. The zero-order valence-corrected chi connectivity index (χ0v) is 95.5. The van der Waals surface area contributed by atoms with Gasteiger partial charge >= 0.3 is 0 Å². The Morgan fingerprint density at radius 1 is 0.136 bits per heavy atom. The molecular weight excluding hydrogens is 1630 g/mol. The van der Waals surface area contributed by atoms with Crippen LogP contribution < -0.4 is 0 Å². The molecule has 0 aromatic rings. The molecule has 0 aliphatic heterocycles. The highest BCUT2D eigenvalue weighted by atomic mass is 31.0. The minimum atomic E-state index is 0. The van der Waals surface area contributed by atoms with E-state index in [1.807, 2.05) is 0 Å². The highest BCUT2D eigenvalue weighted by Gasteiger charge is 2.10. The lowest BCUT2D eigenvalue weighted by Gasteiger charge is -2.17. The van der Waals surface area contributed by atoms with Crippen LogP contribution in [0.25, 0.3) is 0 Å². The van der Waals surface area contributed by atoms with Crippen LogP contribution in [0.5, 0.6) is 0 Å². The largest absolute Gasteiger partial charge is 0.138 e. The molecule has 8 atom stereocenters. The maximum Gasteiger partial charge on any atom is -0.0410 e. The Hall–Kier alpha value is 1.71. The molecule has 0 saturated carbocycles. The highest BCUT2D eigenvalue weighted by Crippen LogP contribution is 2.28. The Kier molecular flexibility index (Phi) is 184. The summed E-state index contributed by atoms with van der Waals surface area (Å²) in [4.78, 5) is 0. The predicted molar refractivity (Wildman–Crippen MR) is 624 cm³/mol. The average Bonchev–Trinajstić information content (AvgIpc) is 0.992. The summed E-state index contributed by atoms with van der Waals surface area (Å²) in [5.41, 5.74) is 0. The molecule has 8 unspecified atom stereocenters. The van der Waals surface area contributed by atoms with Crippen molar-refractivity contribution in [3.05, 3.63) is 62.0 Å². The molecule has 0 aliphatic rings. The summed E-state index contributed by atoms with van der Waals surface area (Å²) in [7, 11) is 16.9. The first-order chi connectivity index (χ1) is 61.2. The first-order valence-corrected chi connectivity index (χ1v) is 62.3. The Labute approximate surface area is 816 Å². The first kappa shape index (κ1) is 145. The molecule has 0 aromatic carbocycles. The summed E-state index contributed by atoms with van der Waals surface area (Å²) >= 11 is 0. The van der Waals surface area contributed by atoms with Gasteiger partial charge in [0.25, 0.3) is 0 Å². The topological polar surface area (TPSA) is 0 Å². The molecule has 0 saturated heterocycles. The summed E-state index contributed by atoms with van der Waals surface area (Å²) in [6, 6.07) is 0.